The Morgan fingerprint density at radius 3 is 2.62 bits per heavy atom. The average molecular weight is 490 g/mol. The normalized spacial score (nSPS) is 18.5. The molecule has 2 amide bonds. The number of carbonyl (C=O) groups is 3. The lowest BCUT2D eigenvalue weighted by Crippen LogP contribution is -2.54. The standard InChI is InChI=1S/C23H31N5O5S/c1-15(2)13-20(28-34(32,33)18-8-4-3-5-9-18)22(30)25-19-11-10-17-14-16(26-27-17)7-6-12-24-23(31)21(19)29/h3-5,8-9,14-15,19-20,28H,6-7,10-13H2,1-2H3,(H,24,31)(H,25,30)(H,26,27). The summed E-state index contributed by atoms with van der Waals surface area (Å²) in [5.74, 6) is -2.20. The lowest BCUT2D eigenvalue weighted by atomic mass is 10.0. The number of hydrogen-bond acceptors (Lipinski definition) is 6. The van der Waals surface area contributed by atoms with E-state index in [4.69, 9.17) is 0 Å². The molecule has 2 bridgehead atoms. The minimum Gasteiger partial charge on any atom is -0.349 e. The SMILES string of the molecule is CC(C)CC(NS(=O)(=O)c1ccccc1)C(=O)NC1CCc2cc([nH]n2)CCCNC(=O)C1=O. The maximum absolute atomic E-state index is 13.2. The van der Waals surface area contributed by atoms with Gasteiger partial charge in [-0.25, -0.2) is 8.42 Å². The first-order valence-electron chi connectivity index (χ1n) is 11.4. The van der Waals surface area contributed by atoms with Crippen LogP contribution in [0.15, 0.2) is 41.3 Å². The van der Waals surface area contributed by atoms with Crippen molar-refractivity contribution >= 4 is 27.6 Å². The third kappa shape index (κ3) is 6.97. The molecule has 0 fully saturated rings. The van der Waals surface area contributed by atoms with Gasteiger partial charge in [-0.2, -0.15) is 9.82 Å². The summed E-state index contributed by atoms with van der Waals surface area (Å²) in [7, 11) is -3.97. The number of carbonyl (C=O) groups excluding carboxylic acids is 3. The van der Waals surface area contributed by atoms with Crippen molar-refractivity contribution in [3.63, 3.8) is 0 Å². The third-order valence-electron chi connectivity index (χ3n) is 5.51. The number of nitrogens with one attached hydrogen (secondary N) is 4. The number of hydrogen-bond donors (Lipinski definition) is 4. The molecule has 0 radical (unpaired) electrons. The number of sulfonamides is 1. The fraction of sp³-hybridized carbons (Fsp3) is 0.478. The van der Waals surface area contributed by atoms with E-state index >= 15 is 0 Å². The molecule has 184 valence electrons. The quantitative estimate of drug-likeness (QED) is 0.424. The number of aromatic nitrogens is 2. The van der Waals surface area contributed by atoms with E-state index < -0.39 is 39.7 Å². The number of aryl methyl sites for hydroxylation is 2. The van der Waals surface area contributed by atoms with Crippen LogP contribution in [0.4, 0.5) is 0 Å². The largest absolute Gasteiger partial charge is 0.349 e. The summed E-state index contributed by atoms with van der Waals surface area (Å²) >= 11 is 0. The third-order valence-corrected chi connectivity index (χ3v) is 7.00. The number of fused-ring (bicyclic) bond motifs is 2. The number of H-pyrrole nitrogens is 1. The number of benzene rings is 1. The van der Waals surface area contributed by atoms with E-state index in [1.807, 2.05) is 19.9 Å². The molecule has 1 aromatic carbocycles. The molecule has 2 atom stereocenters. The topological polar surface area (TPSA) is 150 Å². The molecule has 10 nitrogen and oxygen atoms in total. The Labute approximate surface area is 199 Å². The van der Waals surface area contributed by atoms with E-state index in [0.29, 0.717) is 25.8 Å². The van der Waals surface area contributed by atoms with Crippen molar-refractivity contribution in [1.82, 2.24) is 25.6 Å². The predicted molar refractivity (Wildman–Crippen MR) is 125 cm³/mol. The Kier molecular flexibility index (Phi) is 8.56. The van der Waals surface area contributed by atoms with Gasteiger partial charge in [-0.05, 0) is 56.2 Å². The van der Waals surface area contributed by atoms with Crippen molar-refractivity contribution in [1.29, 1.82) is 0 Å². The number of nitrogens with zero attached hydrogens (tertiary/aromatic N) is 1. The summed E-state index contributed by atoms with van der Waals surface area (Å²) in [5.41, 5.74) is 1.66. The molecule has 1 aliphatic heterocycles. The monoisotopic (exact) mass is 489 g/mol. The molecule has 0 saturated heterocycles. The smallest absolute Gasteiger partial charge is 0.289 e. The van der Waals surface area contributed by atoms with Gasteiger partial charge < -0.3 is 10.6 Å². The van der Waals surface area contributed by atoms with Gasteiger partial charge in [-0.15, -0.1) is 0 Å². The molecule has 2 aromatic rings. The van der Waals surface area contributed by atoms with Gasteiger partial charge in [0.05, 0.1) is 16.6 Å². The first kappa shape index (κ1) is 25.6. The summed E-state index contributed by atoms with van der Waals surface area (Å²) < 4.78 is 28.1. The molecular formula is C23H31N5O5S. The molecule has 34 heavy (non-hydrogen) atoms. The van der Waals surface area contributed by atoms with Crippen LogP contribution in [0.5, 0.6) is 0 Å². The van der Waals surface area contributed by atoms with Crippen LogP contribution in [-0.4, -0.2) is 54.8 Å². The van der Waals surface area contributed by atoms with Gasteiger partial charge in [0.15, 0.2) is 0 Å². The number of amides is 2. The molecule has 0 aliphatic carbocycles. The predicted octanol–water partition coefficient (Wildman–Crippen LogP) is 0.852. The molecule has 11 heteroatoms. The second-order valence-electron chi connectivity index (χ2n) is 8.82. The van der Waals surface area contributed by atoms with E-state index in [1.165, 1.54) is 12.1 Å². The summed E-state index contributed by atoms with van der Waals surface area (Å²) in [6.07, 6.45) is 2.07. The highest BCUT2D eigenvalue weighted by Crippen LogP contribution is 2.14. The number of rotatable bonds is 7. The molecule has 0 saturated carbocycles. The Morgan fingerprint density at radius 1 is 1.18 bits per heavy atom. The zero-order valence-corrected chi connectivity index (χ0v) is 20.2. The highest BCUT2D eigenvalue weighted by molar-refractivity contribution is 7.89. The second kappa shape index (κ2) is 11.4. The van der Waals surface area contributed by atoms with Gasteiger partial charge in [-0.3, -0.25) is 19.5 Å². The van der Waals surface area contributed by atoms with E-state index in [1.54, 1.807) is 18.2 Å². The second-order valence-corrected chi connectivity index (χ2v) is 10.5. The maximum Gasteiger partial charge on any atom is 0.289 e. The molecule has 2 heterocycles. The van der Waals surface area contributed by atoms with Gasteiger partial charge in [0, 0.05) is 12.2 Å². The van der Waals surface area contributed by atoms with Crippen molar-refractivity contribution in [3.8, 4) is 0 Å². The first-order chi connectivity index (χ1) is 16.2. The van der Waals surface area contributed by atoms with Gasteiger partial charge in [-0.1, -0.05) is 32.0 Å². The molecule has 2 unspecified atom stereocenters. The van der Waals surface area contributed by atoms with Crippen LogP contribution in [0.2, 0.25) is 0 Å². The Balaban J connectivity index is 1.79. The van der Waals surface area contributed by atoms with Gasteiger partial charge in [0.2, 0.25) is 21.7 Å². The van der Waals surface area contributed by atoms with Gasteiger partial charge in [0.25, 0.3) is 5.91 Å². The highest BCUT2D eigenvalue weighted by Gasteiger charge is 2.32. The fourth-order valence-electron chi connectivity index (χ4n) is 3.76. The zero-order valence-electron chi connectivity index (χ0n) is 19.3. The maximum atomic E-state index is 13.2. The summed E-state index contributed by atoms with van der Waals surface area (Å²) in [5, 5.41) is 12.4. The number of Topliss-reactive ketones (excluding diaryl/α,β-unsaturated/α-hetero) is 1. The van der Waals surface area contributed by atoms with Crippen LogP contribution in [0.25, 0.3) is 0 Å². The highest BCUT2D eigenvalue weighted by atomic mass is 32.2. The van der Waals surface area contributed by atoms with Crippen molar-refractivity contribution in [3.05, 3.63) is 47.8 Å². The molecule has 1 aliphatic rings. The lowest BCUT2D eigenvalue weighted by molar-refractivity contribution is -0.140. The van der Waals surface area contributed by atoms with Crippen LogP contribution in [0, 0.1) is 5.92 Å². The Morgan fingerprint density at radius 2 is 1.91 bits per heavy atom. The van der Waals surface area contributed by atoms with E-state index in [9.17, 15) is 22.8 Å². The van der Waals surface area contributed by atoms with Crippen molar-refractivity contribution in [2.24, 2.45) is 5.92 Å². The van der Waals surface area contributed by atoms with Gasteiger partial charge >= 0.3 is 0 Å². The summed E-state index contributed by atoms with van der Waals surface area (Å²) in [6.45, 7) is 4.04. The van der Waals surface area contributed by atoms with Crippen LogP contribution in [0.1, 0.15) is 44.5 Å². The molecule has 0 spiro atoms. The molecule has 4 N–H and O–H groups in total. The Bertz CT molecular complexity index is 1110. The fourth-order valence-corrected chi connectivity index (χ4v) is 4.99. The number of ketones is 1. The van der Waals surface area contributed by atoms with Crippen molar-refractivity contribution in [2.45, 2.75) is 62.9 Å². The van der Waals surface area contributed by atoms with Crippen molar-refractivity contribution in [2.75, 3.05) is 6.54 Å². The van der Waals surface area contributed by atoms with Gasteiger partial charge in [0.1, 0.15) is 6.04 Å². The first-order valence-corrected chi connectivity index (χ1v) is 12.9. The molecular weight excluding hydrogens is 458 g/mol. The average Bonchev–Trinajstić information content (AvgIpc) is 3.25. The zero-order chi connectivity index (χ0) is 24.7. The van der Waals surface area contributed by atoms with E-state index in [-0.39, 0.29) is 23.7 Å². The van der Waals surface area contributed by atoms with Crippen LogP contribution >= 0.6 is 0 Å². The lowest BCUT2D eigenvalue weighted by Gasteiger charge is -2.23. The van der Waals surface area contributed by atoms with Crippen LogP contribution < -0.4 is 15.4 Å². The number of aromatic amines is 1. The summed E-state index contributed by atoms with van der Waals surface area (Å²) in [6, 6.07) is 7.44. The Hall–Kier alpha value is -3.05. The molecule has 1 aromatic heterocycles. The summed E-state index contributed by atoms with van der Waals surface area (Å²) in [4.78, 5) is 38.4. The van der Waals surface area contributed by atoms with E-state index in [0.717, 1.165) is 11.4 Å². The van der Waals surface area contributed by atoms with Crippen molar-refractivity contribution < 1.29 is 22.8 Å². The minimum atomic E-state index is -3.97. The van der Waals surface area contributed by atoms with Crippen LogP contribution in [-0.2, 0) is 37.2 Å². The van der Waals surface area contributed by atoms with E-state index in [2.05, 4.69) is 25.6 Å². The molecule has 3 rings (SSSR count). The minimum absolute atomic E-state index is 0.00740. The van der Waals surface area contributed by atoms with Crippen LogP contribution in [0.3, 0.4) is 0 Å².